The Hall–Kier alpha value is -3.29. The second-order valence-corrected chi connectivity index (χ2v) is 7.85. The van der Waals surface area contributed by atoms with Crippen molar-refractivity contribution in [2.75, 3.05) is 32.6 Å². The van der Waals surface area contributed by atoms with Gasteiger partial charge >= 0.3 is 6.09 Å². The van der Waals surface area contributed by atoms with E-state index >= 15 is 0 Å². The minimum atomic E-state index is -0.505. The molecule has 1 amide bonds. The van der Waals surface area contributed by atoms with Crippen molar-refractivity contribution in [1.82, 2.24) is 14.9 Å². The fraction of sp³-hybridized carbons (Fsp3) is 0.409. The third kappa shape index (κ3) is 5.40. The number of carbonyl (C=O) groups is 1. The fourth-order valence-corrected chi connectivity index (χ4v) is 3.07. The van der Waals surface area contributed by atoms with Gasteiger partial charge in [-0.05, 0) is 38.8 Å². The summed E-state index contributed by atoms with van der Waals surface area (Å²) in [4.78, 5) is 22.7. The van der Waals surface area contributed by atoms with Crippen LogP contribution >= 0.6 is 0 Å². The molecule has 0 unspecified atom stereocenters. The van der Waals surface area contributed by atoms with E-state index in [9.17, 15) is 4.79 Å². The van der Waals surface area contributed by atoms with Crippen molar-refractivity contribution >= 4 is 23.3 Å². The first-order valence-electron chi connectivity index (χ1n) is 9.79. The number of nitrogens with zero attached hydrogens (tertiary/aromatic N) is 3. The van der Waals surface area contributed by atoms with E-state index in [2.05, 4.69) is 21.4 Å². The van der Waals surface area contributed by atoms with Crippen molar-refractivity contribution < 1.29 is 19.0 Å². The van der Waals surface area contributed by atoms with Gasteiger partial charge in [0.2, 0.25) is 17.7 Å². The zero-order chi connectivity index (χ0) is 21.7. The van der Waals surface area contributed by atoms with Gasteiger partial charge in [-0.1, -0.05) is 24.3 Å². The van der Waals surface area contributed by atoms with Gasteiger partial charge in [0.25, 0.3) is 0 Å². The minimum Gasteiger partial charge on any atom is -0.481 e. The average Bonchev–Trinajstić information content (AvgIpc) is 2.72. The molecule has 1 aliphatic rings. The molecule has 0 saturated carbocycles. The second-order valence-electron chi connectivity index (χ2n) is 7.85. The van der Waals surface area contributed by atoms with Gasteiger partial charge in [0.05, 0.1) is 20.3 Å². The monoisotopic (exact) mass is 412 g/mol. The lowest BCUT2D eigenvalue weighted by atomic mass is 9.98. The summed E-state index contributed by atoms with van der Waals surface area (Å²) < 4.78 is 15.9. The SMILES string of the molecule is COc1cc(OC)nc(Nc2ccccc2C2=CCN(C(=O)OC(C)(C)C)CC2)n1. The largest absolute Gasteiger partial charge is 0.481 e. The predicted octanol–water partition coefficient (Wildman–Crippen LogP) is 4.26. The molecule has 0 bridgehead atoms. The normalized spacial score (nSPS) is 14.0. The van der Waals surface area contributed by atoms with Crippen molar-refractivity contribution in [2.24, 2.45) is 0 Å². The van der Waals surface area contributed by atoms with E-state index in [0.29, 0.717) is 30.8 Å². The topological polar surface area (TPSA) is 85.8 Å². The van der Waals surface area contributed by atoms with E-state index in [1.54, 1.807) is 25.2 Å². The number of nitrogens with one attached hydrogen (secondary N) is 1. The number of anilines is 2. The lowest BCUT2D eigenvalue weighted by Crippen LogP contribution is -2.39. The summed E-state index contributed by atoms with van der Waals surface area (Å²) >= 11 is 0. The molecule has 0 aliphatic carbocycles. The molecule has 0 saturated heterocycles. The molecule has 2 heterocycles. The molecular weight excluding hydrogens is 384 g/mol. The number of para-hydroxylation sites is 1. The van der Waals surface area contributed by atoms with Gasteiger partial charge in [-0.15, -0.1) is 0 Å². The highest BCUT2D eigenvalue weighted by atomic mass is 16.6. The maximum atomic E-state index is 12.3. The van der Waals surface area contributed by atoms with Crippen LogP contribution in [0.15, 0.2) is 36.4 Å². The molecule has 2 aromatic rings. The Labute approximate surface area is 176 Å². The Kier molecular flexibility index (Phi) is 6.44. The highest BCUT2D eigenvalue weighted by Gasteiger charge is 2.24. The number of ether oxygens (including phenoxy) is 3. The Morgan fingerprint density at radius 1 is 1.10 bits per heavy atom. The lowest BCUT2D eigenvalue weighted by Gasteiger charge is -2.30. The van der Waals surface area contributed by atoms with E-state index < -0.39 is 5.60 Å². The summed E-state index contributed by atoms with van der Waals surface area (Å²) in [5.41, 5.74) is 2.54. The molecule has 8 heteroatoms. The maximum Gasteiger partial charge on any atom is 0.410 e. The van der Waals surface area contributed by atoms with Crippen LogP contribution in [0.3, 0.4) is 0 Å². The van der Waals surface area contributed by atoms with Gasteiger partial charge < -0.3 is 24.4 Å². The van der Waals surface area contributed by atoms with Gasteiger partial charge in [-0.3, -0.25) is 0 Å². The maximum absolute atomic E-state index is 12.3. The third-order valence-corrected chi connectivity index (χ3v) is 4.48. The zero-order valence-corrected chi connectivity index (χ0v) is 18.1. The van der Waals surface area contributed by atoms with Crippen LogP contribution in [0.25, 0.3) is 5.57 Å². The van der Waals surface area contributed by atoms with E-state index in [1.807, 2.05) is 45.0 Å². The quantitative estimate of drug-likeness (QED) is 0.785. The summed E-state index contributed by atoms with van der Waals surface area (Å²) in [6, 6.07) is 9.54. The third-order valence-electron chi connectivity index (χ3n) is 4.48. The van der Waals surface area contributed by atoms with Gasteiger partial charge in [0.1, 0.15) is 5.60 Å². The molecule has 1 N–H and O–H groups in total. The van der Waals surface area contributed by atoms with Crippen LogP contribution in [0, 0.1) is 0 Å². The highest BCUT2D eigenvalue weighted by molar-refractivity contribution is 5.80. The predicted molar refractivity (Wildman–Crippen MR) is 115 cm³/mol. The summed E-state index contributed by atoms with van der Waals surface area (Å²) in [7, 11) is 3.09. The Balaban J connectivity index is 1.79. The summed E-state index contributed by atoms with van der Waals surface area (Å²) in [5.74, 6) is 1.20. The van der Waals surface area contributed by atoms with Crippen LogP contribution in [-0.4, -0.2) is 53.9 Å². The van der Waals surface area contributed by atoms with Crippen molar-refractivity contribution in [3.63, 3.8) is 0 Å². The summed E-state index contributed by atoms with van der Waals surface area (Å²) in [6.07, 6.45) is 2.49. The standard InChI is InChI=1S/C22H28N4O4/c1-22(2,3)30-21(27)26-12-10-15(11-13-26)16-8-6-7-9-17(16)23-20-24-18(28-4)14-19(25-20)29-5/h6-10,14H,11-13H2,1-5H3,(H,23,24,25). The number of amides is 1. The lowest BCUT2D eigenvalue weighted by molar-refractivity contribution is 0.0270. The number of aromatic nitrogens is 2. The number of carbonyl (C=O) groups excluding carboxylic acids is 1. The van der Waals surface area contributed by atoms with Crippen molar-refractivity contribution in [3.05, 3.63) is 42.0 Å². The number of hydrogen-bond acceptors (Lipinski definition) is 7. The first-order valence-corrected chi connectivity index (χ1v) is 9.79. The second kappa shape index (κ2) is 9.02. The van der Waals surface area contributed by atoms with Crippen molar-refractivity contribution in [1.29, 1.82) is 0 Å². The smallest absolute Gasteiger partial charge is 0.410 e. The number of methoxy groups -OCH3 is 2. The van der Waals surface area contributed by atoms with Crippen LogP contribution in [0.5, 0.6) is 11.8 Å². The molecule has 30 heavy (non-hydrogen) atoms. The molecule has 1 aromatic carbocycles. The highest BCUT2D eigenvalue weighted by Crippen LogP contribution is 2.31. The number of benzene rings is 1. The van der Waals surface area contributed by atoms with Crippen LogP contribution in [0.4, 0.5) is 16.4 Å². The zero-order valence-electron chi connectivity index (χ0n) is 18.1. The van der Waals surface area contributed by atoms with Gasteiger partial charge in [-0.25, -0.2) is 4.79 Å². The first kappa shape index (κ1) is 21.4. The Morgan fingerprint density at radius 3 is 2.33 bits per heavy atom. The van der Waals surface area contributed by atoms with Crippen molar-refractivity contribution in [2.45, 2.75) is 32.8 Å². The fourth-order valence-electron chi connectivity index (χ4n) is 3.07. The molecule has 8 nitrogen and oxygen atoms in total. The molecule has 0 atom stereocenters. The molecular formula is C22H28N4O4. The Bertz CT molecular complexity index is 915. The minimum absolute atomic E-state index is 0.291. The molecule has 1 aromatic heterocycles. The average molecular weight is 412 g/mol. The van der Waals surface area contributed by atoms with Gasteiger partial charge in [0, 0.05) is 24.3 Å². The molecule has 0 radical (unpaired) electrons. The molecule has 160 valence electrons. The summed E-state index contributed by atoms with van der Waals surface area (Å²) in [5, 5.41) is 3.26. The van der Waals surface area contributed by atoms with E-state index in [0.717, 1.165) is 23.2 Å². The molecule has 0 spiro atoms. The van der Waals surface area contributed by atoms with Crippen LogP contribution < -0.4 is 14.8 Å². The van der Waals surface area contributed by atoms with Gasteiger partial charge in [-0.2, -0.15) is 9.97 Å². The van der Waals surface area contributed by atoms with Crippen LogP contribution in [0.2, 0.25) is 0 Å². The van der Waals surface area contributed by atoms with Crippen LogP contribution in [-0.2, 0) is 4.74 Å². The van der Waals surface area contributed by atoms with E-state index in [1.165, 1.54) is 0 Å². The number of hydrogen-bond donors (Lipinski definition) is 1. The van der Waals surface area contributed by atoms with E-state index in [4.69, 9.17) is 14.2 Å². The van der Waals surface area contributed by atoms with Gasteiger partial charge in [0.15, 0.2) is 0 Å². The van der Waals surface area contributed by atoms with Crippen molar-refractivity contribution in [3.8, 4) is 11.8 Å². The Morgan fingerprint density at radius 2 is 1.77 bits per heavy atom. The summed E-state index contributed by atoms with van der Waals surface area (Å²) in [6.45, 7) is 6.70. The van der Waals surface area contributed by atoms with Crippen LogP contribution in [0.1, 0.15) is 32.8 Å². The first-order chi connectivity index (χ1) is 14.3. The molecule has 0 fully saturated rings. The van der Waals surface area contributed by atoms with E-state index in [-0.39, 0.29) is 6.09 Å². The number of rotatable bonds is 5. The molecule has 1 aliphatic heterocycles. The molecule has 3 rings (SSSR count).